The van der Waals surface area contributed by atoms with Crippen LogP contribution >= 0.6 is 0 Å². The Kier molecular flexibility index (Phi) is 2.96. The van der Waals surface area contributed by atoms with E-state index in [9.17, 15) is 4.79 Å². The van der Waals surface area contributed by atoms with Gasteiger partial charge in [0.15, 0.2) is 0 Å². The van der Waals surface area contributed by atoms with Crippen molar-refractivity contribution in [1.82, 2.24) is 19.6 Å². The molecule has 0 radical (unpaired) electrons. The molecule has 0 amide bonds. The quantitative estimate of drug-likeness (QED) is 0.773. The zero-order chi connectivity index (χ0) is 15.1. The van der Waals surface area contributed by atoms with Gasteiger partial charge in [0, 0.05) is 12.1 Å². The summed E-state index contributed by atoms with van der Waals surface area (Å²) >= 11 is 0. The highest BCUT2D eigenvalue weighted by atomic mass is 16.1. The summed E-state index contributed by atoms with van der Waals surface area (Å²) in [5, 5.41) is 6.21. The molecule has 0 saturated carbocycles. The van der Waals surface area contributed by atoms with Crippen molar-refractivity contribution >= 4 is 11.7 Å². The van der Waals surface area contributed by atoms with Crippen molar-refractivity contribution in [1.29, 1.82) is 0 Å². The molecule has 2 N–H and O–H groups in total. The van der Waals surface area contributed by atoms with Crippen LogP contribution in [0.5, 0.6) is 0 Å². The smallest absolute Gasteiger partial charge is 0.277 e. The van der Waals surface area contributed by atoms with Crippen LogP contribution in [0.2, 0.25) is 0 Å². The van der Waals surface area contributed by atoms with Crippen LogP contribution in [0.25, 0.3) is 5.78 Å². The molecule has 1 aromatic carbocycles. The molecule has 0 spiro atoms. The fourth-order valence-electron chi connectivity index (χ4n) is 2.97. The van der Waals surface area contributed by atoms with Crippen molar-refractivity contribution in [2.24, 2.45) is 0 Å². The first-order valence-corrected chi connectivity index (χ1v) is 7.50. The highest BCUT2D eigenvalue weighted by molar-refractivity contribution is 5.40. The molecule has 1 aliphatic carbocycles. The minimum atomic E-state index is -0.0198. The van der Waals surface area contributed by atoms with Crippen LogP contribution in [-0.2, 0) is 19.4 Å². The minimum absolute atomic E-state index is 0.0198. The van der Waals surface area contributed by atoms with Gasteiger partial charge in [-0.2, -0.15) is 9.50 Å². The third kappa shape index (κ3) is 2.16. The number of aryl methyl sites for hydroxylation is 2. The van der Waals surface area contributed by atoms with Crippen LogP contribution in [-0.4, -0.2) is 19.6 Å². The first-order valence-electron chi connectivity index (χ1n) is 7.50. The van der Waals surface area contributed by atoms with Crippen LogP contribution in [0.1, 0.15) is 28.8 Å². The van der Waals surface area contributed by atoms with Gasteiger partial charge in [-0.05, 0) is 31.7 Å². The number of nitrogens with one attached hydrogen (secondary N) is 2. The van der Waals surface area contributed by atoms with Crippen molar-refractivity contribution in [2.75, 3.05) is 5.32 Å². The Morgan fingerprint density at radius 1 is 1.32 bits per heavy atom. The second-order valence-corrected chi connectivity index (χ2v) is 5.75. The number of H-pyrrole nitrogens is 1. The lowest BCUT2D eigenvalue weighted by atomic mass is 10.1. The number of aromatic nitrogens is 4. The van der Waals surface area contributed by atoms with Crippen molar-refractivity contribution in [3.05, 3.63) is 57.0 Å². The first-order chi connectivity index (χ1) is 10.7. The maximum atomic E-state index is 12.4. The van der Waals surface area contributed by atoms with E-state index in [1.807, 2.05) is 6.07 Å². The summed E-state index contributed by atoms with van der Waals surface area (Å²) in [5.74, 6) is 1.01. The lowest BCUT2D eigenvalue weighted by Gasteiger charge is -2.03. The predicted molar refractivity (Wildman–Crippen MR) is 84.1 cm³/mol. The van der Waals surface area contributed by atoms with Gasteiger partial charge in [-0.25, -0.2) is 4.98 Å². The minimum Gasteiger partial charge on any atom is -0.351 e. The number of benzene rings is 1. The van der Waals surface area contributed by atoms with Gasteiger partial charge >= 0.3 is 0 Å². The molecule has 0 aliphatic heterocycles. The van der Waals surface area contributed by atoms with Crippen molar-refractivity contribution < 1.29 is 0 Å². The largest absolute Gasteiger partial charge is 0.351 e. The average Bonchev–Trinajstić information content (AvgIpc) is 3.12. The molecular weight excluding hydrogens is 278 g/mol. The molecule has 0 fully saturated rings. The second-order valence-electron chi connectivity index (χ2n) is 5.75. The SMILES string of the molecule is Cc1cccc(CNc2nc3nc4c(c(=O)n3[nH]2)CCC4)c1. The molecule has 0 unspecified atom stereocenters. The van der Waals surface area contributed by atoms with E-state index >= 15 is 0 Å². The second kappa shape index (κ2) is 4.98. The van der Waals surface area contributed by atoms with Gasteiger partial charge in [-0.3, -0.25) is 9.89 Å². The van der Waals surface area contributed by atoms with Gasteiger partial charge in [0.1, 0.15) is 0 Å². The van der Waals surface area contributed by atoms with Gasteiger partial charge in [-0.1, -0.05) is 29.8 Å². The molecular formula is C16H17N5O. The Bertz CT molecular complexity index is 909. The Morgan fingerprint density at radius 3 is 3.09 bits per heavy atom. The molecule has 0 bridgehead atoms. The summed E-state index contributed by atoms with van der Waals surface area (Å²) in [5.41, 5.74) is 4.10. The van der Waals surface area contributed by atoms with E-state index in [0.29, 0.717) is 18.3 Å². The van der Waals surface area contributed by atoms with Crippen molar-refractivity contribution in [2.45, 2.75) is 32.7 Å². The predicted octanol–water partition coefficient (Wildman–Crippen LogP) is 1.83. The highest BCUT2D eigenvalue weighted by Gasteiger charge is 2.19. The fourth-order valence-corrected chi connectivity index (χ4v) is 2.97. The number of hydrogen-bond acceptors (Lipinski definition) is 4. The van der Waals surface area contributed by atoms with Gasteiger partial charge < -0.3 is 5.32 Å². The molecule has 3 aromatic rings. The van der Waals surface area contributed by atoms with Gasteiger partial charge in [-0.15, -0.1) is 0 Å². The van der Waals surface area contributed by atoms with E-state index in [1.54, 1.807) is 0 Å². The maximum absolute atomic E-state index is 12.4. The van der Waals surface area contributed by atoms with Crippen molar-refractivity contribution in [3.63, 3.8) is 0 Å². The average molecular weight is 295 g/mol. The number of anilines is 1. The Balaban J connectivity index is 1.63. The number of hydrogen-bond donors (Lipinski definition) is 2. The summed E-state index contributed by atoms with van der Waals surface area (Å²) in [6.07, 6.45) is 2.69. The highest BCUT2D eigenvalue weighted by Crippen LogP contribution is 2.17. The van der Waals surface area contributed by atoms with Gasteiger partial charge in [0.05, 0.1) is 5.69 Å². The van der Waals surface area contributed by atoms with Gasteiger partial charge in [0.2, 0.25) is 5.95 Å². The molecule has 2 aromatic heterocycles. The van der Waals surface area contributed by atoms with E-state index < -0.39 is 0 Å². The third-order valence-corrected chi connectivity index (χ3v) is 4.06. The summed E-state index contributed by atoms with van der Waals surface area (Å²) in [7, 11) is 0. The first kappa shape index (κ1) is 13.1. The lowest BCUT2D eigenvalue weighted by molar-refractivity contribution is 0.868. The molecule has 0 atom stereocenters. The Hall–Kier alpha value is -2.63. The Labute approximate surface area is 127 Å². The molecule has 2 heterocycles. The summed E-state index contributed by atoms with van der Waals surface area (Å²) in [6, 6.07) is 8.27. The summed E-state index contributed by atoms with van der Waals surface area (Å²) < 4.78 is 1.43. The van der Waals surface area contributed by atoms with Crippen molar-refractivity contribution in [3.8, 4) is 0 Å². The molecule has 112 valence electrons. The van der Waals surface area contributed by atoms with Crippen LogP contribution in [0.3, 0.4) is 0 Å². The molecule has 1 aliphatic rings. The van der Waals surface area contributed by atoms with Crippen LogP contribution in [0.4, 0.5) is 5.95 Å². The Morgan fingerprint density at radius 2 is 2.23 bits per heavy atom. The number of rotatable bonds is 3. The van der Waals surface area contributed by atoms with Crippen LogP contribution in [0, 0.1) is 6.92 Å². The molecule has 4 rings (SSSR count). The van der Waals surface area contributed by atoms with E-state index in [0.717, 1.165) is 30.5 Å². The normalized spacial score (nSPS) is 13.5. The monoisotopic (exact) mass is 295 g/mol. The van der Waals surface area contributed by atoms with E-state index in [1.165, 1.54) is 15.6 Å². The van der Waals surface area contributed by atoms with E-state index in [-0.39, 0.29) is 5.56 Å². The van der Waals surface area contributed by atoms with Crippen LogP contribution < -0.4 is 10.9 Å². The topological polar surface area (TPSA) is 75.1 Å². The zero-order valence-electron chi connectivity index (χ0n) is 12.4. The maximum Gasteiger partial charge on any atom is 0.277 e. The zero-order valence-corrected chi connectivity index (χ0v) is 12.4. The molecule has 6 nitrogen and oxygen atoms in total. The number of aromatic amines is 1. The van der Waals surface area contributed by atoms with Gasteiger partial charge in [0.25, 0.3) is 11.3 Å². The molecule has 6 heteroatoms. The van der Waals surface area contributed by atoms with E-state index in [4.69, 9.17) is 0 Å². The lowest BCUT2D eigenvalue weighted by Crippen LogP contribution is -2.20. The van der Waals surface area contributed by atoms with E-state index in [2.05, 4.69) is 45.5 Å². The summed E-state index contributed by atoms with van der Waals surface area (Å²) in [4.78, 5) is 21.2. The summed E-state index contributed by atoms with van der Waals surface area (Å²) in [6.45, 7) is 2.71. The molecule has 0 saturated heterocycles. The third-order valence-electron chi connectivity index (χ3n) is 4.06. The van der Waals surface area contributed by atoms with Crippen LogP contribution in [0.15, 0.2) is 29.1 Å². The molecule has 22 heavy (non-hydrogen) atoms. The number of nitrogens with zero attached hydrogens (tertiary/aromatic N) is 3. The fraction of sp³-hybridized carbons (Fsp3) is 0.312. The standard InChI is InChI=1S/C16H17N5O/c1-10-4-2-5-11(8-10)9-17-15-19-16-18-13-7-3-6-12(13)14(22)21(16)20-15/h2,4-5,8H,3,6-7,9H2,1H3,(H2,17,18,19,20). The number of fused-ring (bicyclic) bond motifs is 2.